The number of aromatic nitrogens is 5. The summed E-state index contributed by atoms with van der Waals surface area (Å²) >= 11 is 0. The lowest BCUT2D eigenvalue weighted by Gasteiger charge is -2.12. The molecule has 0 N–H and O–H groups in total. The second-order valence-electron chi connectivity index (χ2n) is 14.1. The van der Waals surface area contributed by atoms with Crippen molar-refractivity contribution < 1.29 is 0 Å². The van der Waals surface area contributed by atoms with Crippen LogP contribution in [0.5, 0.6) is 0 Å². The van der Waals surface area contributed by atoms with Crippen molar-refractivity contribution in [2.24, 2.45) is 0 Å². The normalized spacial score (nSPS) is 11.6. The second-order valence-corrected chi connectivity index (χ2v) is 14.1. The number of benzene rings is 7. The van der Waals surface area contributed by atoms with E-state index in [0.717, 1.165) is 78.0 Å². The Morgan fingerprint density at radius 2 is 0.946 bits per heavy atom. The number of nitrogens with zero attached hydrogens (tertiary/aromatic N) is 5. The Balaban J connectivity index is 1.09. The quantitative estimate of drug-likeness (QED) is 0.172. The highest BCUT2D eigenvalue weighted by Gasteiger charge is 2.19. The third-order valence-corrected chi connectivity index (χ3v) is 10.8. The van der Waals surface area contributed by atoms with Crippen molar-refractivity contribution in [3.63, 3.8) is 0 Å². The van der Waals surface area contributed by atoms with Crippen molar-refractivity contribution in [1.29, 1.82) is 0 Å². The van der Waals surface area contributed by atoms with Crippen LogP contribution in [-0.4, -0.2) is 24.1 Å². The van der Waals surface area contributed by atoms with E-state index in [0.29, 0.717) is 5.82 Å². The van der Waals surface area contributed by atoms with Crippen LogP contribution in [0, 0.1) is 0 Å². The van der Waals surface area contributed by atoms with Gasteiger partial charge in [0.2, 0.25) is 0 Å². The van der Waals surface area contributed by atoms with E-state index in [1.54, 1.807) is 0 Å². The molecule has 4 heterocycles. The molecule has 56 heavy (non-hydrogen) atoms. The topological polar surface area (TPSA) is 48.5 Å². The predicted molar refractivity (Wildman–Crippen MR) is 230 cm³/mol. The summed E-state index contributed by atoms with van der Waals surface area (Å²) in [5.41, 5.74) is 14.8. The van der Waals surface area contributed by atoms with Crippen LogP contribution < -0.4 is 0 Å². The molecule has 0 unspecified atom stereocenters. The van der Waals surface area contributed by atoms with Gasteiger partial charge in [0.25, 0.3) is 0 Å². The van der Waals surface area contributed by atoms with E-state index < -0.39 is 0 Å². The van der Waals surface area contributed by atoms with Crippen LogP contribution in [0.2, 0.25) is 0 Å². The standard InChI is InChI=1S/C51H33N5/c1-4-15-34(16-5-1)43-33-44(35-17-6-2-7-18-35)54-51(53-43)37-19-12-22-39(31-37)56-45-25-11-10-23-41(45)49-40(24-13-26-47(49)56)36-28-29-46-42(32-36)50-48(27-14-30-52-50)55(46)38-20-8-3-9-21-38/h1-33H. The van der Waals surface area contributed by atoms with Crippen LogP contribution in [0.3, 0.4) is 0 Å². The predicted octanol–water partition coefficient (Wildman–Crippen LogP) is 12.7. The zero-order valence-corrected chi connectivity index (χ0v) is 30.3. The zero-order chi connectivity index (χ0) is 37.0. The smallest absolute Gasteiger partial charge is 0.160 e. The Morgan fingerprint density at radius 3 is 1.71 bits per heavy atom. The van der Waals surface area contributed by atoms with E-state index in [-0.39, 0.29) is 0 Å². The third kappa shape index (κ3) is 5.21. The summed E-state index contributed by atoms with van der Waals surface area (Å²) in [5.74, 6) is 0.685. The van der Waals surface area contributed by atoms with Gasteiger partial charge in [0, 0.05) is 50.4 Å². The van der Waals surface area contributed by atoms with Gasteiger partial charge in [-0.15, -0.1) is 0 Å². The van der Waals surface area contributed by atoms with Crippen molar-refractivity contribution in [2.75, 3.05) is 0 Å². The van der Waals surface area contributed by atoms with Crippen molar-refractivity contribution in [3.05, 3.63) is 200 Å². The fourth-order valence-corrected chi connectivity index (χ4v) is 8.27. The second kappa shape index (κ2) is 13.0. The van der Waals surface area contributed by atoms with Gasteiger partial charge in [-0.05, 0) is 77.9 Å². The molecule has 5 nitrogen and oxygen atoms in total. The van der Waals surface area contributed by atoms with Crippen LogP contribution in [0.25, 0.3) is 100 Å². The fourth-order valence-electron chi connectivity index (χ4n) is 8.27. The average molecular weight is 716 g/mol. The van der Waals surface area contributed by atoms with Gasteiger partial charge in [-0.1, -0.05) is 127 Å². The fraction of sp³-hybridized carbons (Fsp3) is 0. The van der Waals surface area contributed by atoms with Crippen LogP contribution in [0.4, 0.5) is 0 Å². The molecule has 0 aliphatic carbocycles. The maximum Gasteiger partial charge on any atom is 0.160 e. The monoisotopic (exact) mass is 715 g/mol. The highest BCUT2D eigenvalue weighted by molar-refractivity contribution is 6.17. The van der Waals surface area contributed by atoms with Gasteiger partial charge in [0.05, 0.1) is 39.0 Å². The Kier molecular flexibility index (Phi) is 7.42. The number of rotatable bonds is 6. The van der Waals surface area contributed by atoms with Crippen LogP contribution in [0.15, 0.2) is 200 Å². The summed E-state index contributed by atoms with van der Waals surface area (Å²) in [5, 5.41) is 3.53. The molecule has 5 heteroatoms. The minimum Gasteiger partial charge on any atom is -0.309 e. The molecular formula is C51H33N5. The van der Waals surface area contributed by atoms with Gasteiger partial charge in [0.15, 0.2) is 5.82 Å². The SMILES string of the molecule is c1ccc(-c2cc(-c3ccccc3)nc(-c3cccc(-n4c5ccccc5c5c(-c6ccc7c(c6)c6ncccc6n7-c6ccccc6)cccc54)c3)n2)cc1. The molecule has 0 fully saturated rings. The largest absolute Gasteiger partial charge is 0.309 e. The van der Waals surface area contributed by atoms with Crippen molar-refractivity contribution in [1.82, 2.24) is 24.1 Å². The first-order valence-corrected chi connectivity index (χ1v) is 18.9. The van der Waals surface area contributed by atoms with Crippen LogP contribution >= 0.6 is 0 Å². The number of hydrogen-bond acceptors (Lipinski definition) is 3. The van der Waals surface area contributed by atoms with Crippen molar-refractivity contribution >= 4 is 43.7 Å². The molecular weight excluding hydrogens is 683 g/mol. The Labute approximate surface area is 323 Å². The molecule has 262 valence electrons. The lowest BCUT2D eigenvalue weighted by molar-refractivity contribution is 1.16. The van der Waals surface area contributed by atoms with Gasteiger partial charge in [-0.3, -0.25) is 4.98 Å². The van der Waals surface area contributed by atoms with E-state index in [2.05, 4.69) is 161 Å². The molecule has 0 amide bonds. The molecule has 7 aromatic carbocycles. The Morgan fingerprint density at radius 1 is 0.357 bits per heavy atom. The zero-order valence-electron chi connectivity index (χ0n) is 30.3. The van der Waals surface area contributed by atoms with E-state index in [9.17, 15) is 0 Å². The minimum absolute atomic E-state index is 0.685. The Hall–Kier alpha value is -7.63. The van der Waals surface area contributed by atoms with Gasteiger partial charge >= 0.3 is 0 Å². The molecule has 11 rings (SSSR count). The first-order chi connectivity index (χ1) is 27.8. The molecule has 0 saturated carbocycles. The summed E-state index contributed by atoms with van der Waals surface area (Å²) in [6.45, 7) is 0. The number of fused-ring (bicyclic) bond motifs is 6. The number of para-hydroxylation sites is 2. The van der Waals surface area contributed by atoms with E-state index in [1.807, 2.05) is 48.7 Å². The number of hydrogen-bond donors (Lipinski definition) is 0. The number of pyridine rings is 1. The summed E-state index contributed by atoms with van der Waals surface area (Å²) in [6, 6.07) is 68.2. The maximum atomic E-state index is 5.14. The summed E-state index contributed by atoms with van der Waals surface area (Å²) in [7, 11) is 0. The van der Waals surface area contributed by atoms with Gasteiger partial charge < -0.3 is 9.13 Å². The van der Waals surface area contributed by atoms with Gasteiger partial charge in [0.1, 0.15) is 0 Å². The summed E-state index contributed by atoms with van der Waals surface area (Å²) in [4.78, 5) is 15.2. The molecule has 4 aromatic heterocycles. The first kappa shape index (κ1) is 31.9. The van der Waals surface area contributed by atoms with Crippen LogP contribution in [-0.2, 0) is 0 Å². The summed E-state index contributed by atoms with van der Waals surface area (Å²) in [6.07, 6.45) is 1.89. The molecule has 0 saturated heterocycles. The maximum absolute atomic E-state index is 5.14. The molecule has 0 spiro atoms. The van der Waals surface area contributed by atoms with Crippen molar-refractivity contribution in [3.8, 4) is 56.4 Å². The summed E-state index contributed by atoms with van der Waals surface area (Å²) < 4.78 is 4.68. The minimum atomic E-state index is 0.685. The van der Waals surface area contributed by atoms with Crippen molar-refractivity contribution in [2.45, 2.75) is 0 Å². The molecule has 0 bridgehead atoms. The van der Waals surface area contributed by atoms with Crippen LogP contribution in [0.1, 0.15) is 0 Å². The molecule has 11 aromatic rings. The van der Waals surface area contributed by atoms with Gasteiger partial charge in [-0.2, -0.15) is 0 Å². The van der Waals surface area contributed by atoms with E-state index in [4.69, 9.17) is 15.0 Å². The highest BCUT2D eigenvalue weighted by Crippen LogP contribution is 2.41. The third-order valence-electron chi connectivity index (χ3n) is 10.8. The van der Waals surface area contributed by atoms with E-state index in [1.165, 1.54) is 16.3 Å². The van der Waals surface area contributed by atoms with E-state index >= 15 is 0 Å². The average Bonchev–Trinajstić information content (AvgIpc) is 3.80. The first-order valence-electron chi connectivity index (χ1n) is 18.9. The highest BCUT2D eigenvalue weighted by atomic mass is 15.0. The Bertz CT molecular complexity index is 3180. The lowest BCUT2D eigenvalue weighted by Crippen LogP contribution is -1.98. The molecule has 0 aliphatic heterocycles. The van der Waals surface area contributed by atoms with Gasteiger partial charge in [-0.25, -0.2) is 9.97 Å². The molecule has 0 atom stereocenters. The lowest BCUT2D eigenvalue weighted by atomic mass is 9.98. The molecule has 0 radical (unpaired) electrons. The molecule has 0 aliphatic rings.